The minimum absolute atomic E-state index is 0.125. The van der Waals surface area contributed by atoms with Crippen molar-refractivity contribution >= 4 is 11.0 Å². The van der Waals surface area contributed by atoms with E-state index < -0.39 is 0 Å². The Labute approximate surface area is 136 Å². The van der Waals surface area contributed by atoms with Gasteiger partial charge in [0.25, 0.3) is 5.56 Å². The number of phenolic OH excluding ortho intramolecular Hbond substituents is 1. The van der Waals surface area contributed by atoms with E-state index in [0.717, 1.165) is 36.1 Å². The number of nitrogens with zero attached hydrogens (tertiary/aromatic N) is 1. The van der Waals surface area contributed by atoms with Gasteiger partial charge in [0.2, 0.25) is 0 Å². The molecule has 4 heteroatoms. The van der Waals surface area contributed by atoms with Crippen LogP contribution in [0, 0.1) is 17.8 Å². The van der Waals surface area contributed by atoms with Gasteiger partial charge in [0.1, 0.15) is 11.4 Å². The maximum atomic E-state index is 12.1. The summed E-state index contributed by atoms with van der Waals surface area (Å²) in [5.74, 6) is 3.29. The van der Waals surface area contributed by atoms with E-state index in [4.69, 9.17) is 0 Å². The van der Waals surface area contributed by atoms with Gasteiger partial charge in [0, 0.05) is 6.07 Å². The predicted octanol–water partition coefficient (Wildman–Crippen LogP) is 3.78. The zero-order chi connectivity index (χ0) is 15.8. The summed E-state index contributed by atoms with van der Waals surface area (Å²) < 4.78 is 0. The van der Waals surface area contributed by atoms with Gasteiger partial charge in [-0.05, 0) is 62.0 Å². The van der Waals surface area contributed by atoms with E-state index in [1.807, 2.05) is 0 Å². The highest BCUT2D eigenvalue weighted by molar-refractivity contribution is 5.75. The summed E-state index contributed by atoms with van der Waals surface area (Å²) in [5, 5.41) is 9.45. The molecule has 1 aromatic carbocycles. The van der Waals surface area contributed by atoms with Crippen molar-refractivity contribution in [3.63, 3.8) is 0 Å². The first-order valence-corrected chi connectivity index (χ1v) is 8.92. The van der Waals surface area contributed by atoms with E-state index in [1.165, 1.54) is 38.5 Å². The van der Waals surface area contributed by atoms with Crippen LogP contribution in [0.15, 0.2) is 23.0 Å². The Morgan fingerprint density at radius 1 is 1.22 bits per heavy atom. The maximum Gasteiger partial charge on any atom is 0.270 e. The third-order valence-electron chi connectivity index (χ3n) is 5.73. The van der Waals surface area contributed by atoms with Gasteiger partial charge in [-0.25, -0.2) is 4.98 Å². The molecule has 1 aromatic heterocycles. The topological polar surface area (TPSA) is 66.0 Å². The maximum absolute atomic E-state index is 12.1. The number of aryl methyl sites for hydroxylation is 1. The van der Waals surface area contributed by atoms with Crippen LogP contribution in [0.2, 0.25) is 0 Å². The summed E-state index contributed by atoms with van der Waals surface area (Å²) in [6.07, 6.45) is 10.0. The fourth-order valence-corrected chi connectivity index (χ4v) is 4.34. The molecule has 1 heterocycles. The first-order chi connectivity index (χ1) is 11.2. The highest BCUT2D eigenvalue weighted by Crippen LogP contribution is 2.56. The van der Waals surface area contributed by atoms with Crippen LogP contribution in [0.5, 0.6) is 5.75 Å². The van der Waals surface area contributed by atoms with Crippen molar-refractivity contribution in [2.45, 2.75) is 51.4 Å². The van der Waals surface area contributed by atoms with E-state index in [0.29, 0.717) is 11.2 Å². The standard InChI is InChI=1S/C19H24N2O2/c22-14-8-9-16-18(11-14)21-19(23)17(20-16)5-3-1-2-4-12-6-7-13-10-15(12)13/h8-9,11-13,15,22H,1-7,10H2,(H,21,23)/t12-,13-,15-/m0/s1. The molecule has 0 radical (unpaired) electrons. The van der Waals surface area contributed by atoms with Crippen LogP contribution in [-0.2, 0) is 6.42 Å². The number of phenols is 1. The minimum atomic E-state index is -0.125. The summed E-state index contributed by atoms with van der Waals surface area (Å²) >= 11 is 0. The molecular formula is C19H24N2O2. The second-order valence-electron chi connectivity index (χ2n) is 7.31. The number of H-pyrrole nitrogens is 1. The molecule has 0 bridgehead atoms. The number of hydrogen-bond donors (Lipinski definition) is 2. The molecule has 2 fully saturated rings. The third-order valence-corrected chi connectivity index (χ3v) is 5.73. The van der Waals surface area contributed by atoms with Gasteiger partial charge in [-0.3, -0.25) is 4.79 Å². The molecule has 4 nitrogen and oxygen atoms in total. The van der Waals surface area contributed by atoms with Gasteiger partial charge >= 0.3 is 0 Å². The molecule has 2 aliphatic rings. The Bertz CT molecular complexity index is 768. The summed E-state index contributed by atoms with van der Waals surface area (Å²) in [6.45, 7) is 0. The summed E-state index contributed by atoms with van der Waals surface area (Å²) in [5.41, 5.74) is 1.83. The first kappa shape index (κ1) is 14.7. The van der Waals surface area contributed by atoms with E-state index in [1.54, 1.807) is 18.2 Å². The average Bonchev–Trinajstić information content (AvgIpc) is 3.21. The molecule has 2 N–H and O–H groups in total. The summed E-state index contributed by atoms with van der Waals surface area (Å²) in [4.78, 5) is 19.3. The van der Waals surface area contributed by atoms with Crippen molar-refractivity contribution in [2.75, 3.05) is 0 Å². The van der Waals surface area contributed by atoms with Crippen LogP contribution in [-0.4, -0.2) is 15.1 Å². The lowest BCUT2D eigenvalue weighted by molar-refractivity contribution is 0.420. The Morgan fingerprint density at radius 2 is 2.13 bits per heavy atom. The molecule has 0 saturated heterocycles. The molecule has 0 unspecified atom stereocenters. The number of fused-ring (bicyclic) bond motifs is 2. The van der Waals surface area contributed by atoms with Gasteiger partial charge in [-0.15, -0.1) is 0 Å². The highest BCUT2D eigenvalue weighted by Gasteiger charge is 2.47. The van der Waals surface area contributed by atoms with Crippen molar-refractivity contribution in [3.05, 3.63) is 34.2 Å². The molecule has 122 valence electrons. The number of nitrogens with one attached hydrogen (secondary N) is 1. The Hall–Kier alpha value is -1.84. The molecule has 0 aliphatic heterocycles. The lowest BCUT2D eigenvalue weighted by atomic mass is 9.96. The molecular weight excluding hydrogens is 288 g/mol. The average molecular weight is 312 g/mol. The van der Waals surface area contributed by atoms with Crippen LogP contribution >= 0.6 is 0 Å². The number of hydrogen-bond acceptors (Lipinski definition) is 3. The fraction of sp³-hybridized carbons (Fsp3) is 0.579. The smallest absolute Gasteiger partial charge is 0.270 e. The summed E-state index contributed by atoms with van der Waals surface area (Å²) in [7, 11) is 0. The van der Waals surface area contributed by atoms with Crippen LogP contribution in [0.4, 0.5) is 0 Å². The second-order valence-corrected chi connectivity index (χ2v) is 7.31. The van der Waals surface area contributed by atoms with Crippen LogP contribution in [0.25, 0.3) is 11.0 Å². The van der Waals surface area contributed by atoms with Crippen LogP contribution in [0.3, 0.4) is 0 Å². The molecule has 2 aliphatic carbocycles. The monoisotopic (exact) mass is 312 g/mol. The number of aromatic nitrogens is 2. The molecule has 3 atom stereocenters. The van der Waals surface area contributed by atoms with Gasteiger partial charge in [0.05, 0.1) is 11.0 Å². The SMILES string of the molecule is O=c1[nH]c2cc(O)ccc2nc1CCCCC[C@H]1CC[C@H]2C[C@@H]12. The van der Waals surface area contributed by atoms with Gasteiger partial charge < -0.3 is 10.1 Å². The molecule has 0 amide bonds. The van der Waals surface area contributed by atoms with Gasteiger partial charge in [-0.2, -0.15) is 0 Å². The van der Waals surface area contributed by atoms with Crippen molar-refractivity contribution in [3.8, 4) is 5.75 Å². The molecule has 23 heavy (non-hydrogen) atoms. The molecule has 2 saturated carbocycles. The van der Waals surface area contributed by atoms with Crippen molar-refractivity contribution in [1.82, 2.24) is 9.97 Å². The Balaban J connectivity index is 1.30. The zero-order valence-electron chi connectivity index (χ0n) is 13.4. The van der Waals surface area contributed by atoms with E-state index in [9.17, 15) is 9.90 Å². The number of aromatic amines is 1. The van der Waals surface area contributed by atoms with Crippen LogP contribution in [0.1, 0.15) is 50.6 Å². The summed E-state index contributed by atoms with van der Waals surface area (Å²) in [6, 6.07) is 4.89. The fourth-order valence-electron chi connectivity index (χ4n) is 4.34. The Morgan fingerprint density at radius 3 is 2.91 bits per heavy atom. The zero-order valence-corrected chi connectivity index (χ0v) is 13.4. The second kappa shape index (κ2) is 5.99. The van der Waals surface area contributed by atoms with E-state index >= 15 is 0 Å². The van der Waals surface area contributed by atoms with E-state index in [2.05, 4.69) is 9.97 Å². The largest absolute Gasteiger partial charge is 0.508 e. The first-order valence-electron chi connectivity index (χ1n) is 8.92. The molecule has 4 rings (SSSR count). The van der Waals surface area contributed by atoms with Crippen molar-refractivity contribution < 1.29 is 5.11 Å². The number of rotatable bonds is 6. The minimum Gasteiger partial charge on any atom is -0.508 e. The highest BCUT2D eigenvalue weighted by atomic mass is 16.3. The predicted molar refractivity (Wildman–Crippen MR) is 90.5 cm³/mol. The molecule has 0 spiro atoms. The normalized spacial score (nSPS) is 25.7. The number of aromatic hydroxyl groups is 1. The lowest BCUT2D eigenvalue weighted by Gasteiger charge is -2.10. The van der Waals surface area contributed by atoms with E-state index in [-0.39, 0.29) is 11.3 Å². The molecule has 2 aromatic rings. The van der Waals surface area contributed by atoms with Crippen molar-refractivity contribution in [2.24, 2.45) is 17.8 Å². The van der Waals surface area contributed by atoms with Gasteiger partial charge in [0.15, 0.2) is 0 Å². The van der Waals surface area contributed by atoms with Crippen LogP contribution < -0.4 is 5.56 Å². The van der Waals surface area contributed by atoms with Gasteiger partial charge in [-0.1, -0.05) is 19.3 Å². The number of unbranched alkanes of at least 4 members (excludes halogenated alkanes) is 2. The Kier molecular flexibility index (Phi) is 3.83. The lowest BCUT2D eigenvalue weighted by Crippen LogP contribution is -2.15. The quantitative estimate of drug-likeness (QED) is 0.798. The van der Waals surface area contributed by atoms with Crippen molar-refractivity contribution in [1.29, 1.82) is 0 Å². The third kappa shape index (κ3) is 3.12. The number of benzene rings is 1.